The number of nitrogens with one attached hydrogen (secondary N) is 2. The van der Waals surface area contributed by atoms with Gasteiger partial charge in [0.05, 0.1) is 40.6 Å². The van der Waals surface area contributed by atoms with E-state index in [0.717, 1.165) is 101 Å². The fraction of sp³-hybridized carbons (Fsp3) is 0.371. The molecule has 3 aromatic heterocycles. The van der Waals surface area contributed by atoms with Gasteiger partial charge in [-0.05, 0) is 86.4 Å². The van der Waals surface area contributed by atoms with Gasteiger partial charge >= 0.3 is 0 Å². The third kappa shape index (κ3) is 5.51. The average Bonchev–Trinajstić information content (AvgIpc) is 3.89. The molecule has 3 fully saturated rings. The molecule has 3 atom stereocenters. The molecule has 0 spiro atoms. The Morgan fingerprint density at radius 3 is 2.09 bits per heavy atom. The Bertz CT molecular complexity index is 1940. The summed E-state index contributed by atoms with van der Waals surface area (Å²) in [4.78, 5) is 47.8. The van der Waals surface area contributed by atoms with Crippen LogP contribution in [0.2, 0.25) is 0 Å². The maximum absolute atomic E-state index is 13.1. The van der Waals surface area contributed by atoms with Crippen LogP contribution in [-0.4, -0.2) is 67.4 Å². The standard InChI is InChI=1S/C35H34N6O3S/c42-32(21-24-5-4-18-45-24)40-15-1-6-29(40)33-36-25-13-11-22(19-27(25)38-33)9-10-23-12-14-26-28(20-23)39-34(37-26)30-7-2-16-41(30)35(43)31-8-3-17-44-31/h4-5,11-14,18-20,29-31H,1-3,6-8,15-17,21H2,(H,36,38)(H,37,39)/t29-,30?,31-/m0/s1. The van der Waals surface area contributed by atoms with Crippen molar-refractivity contribution < 1.29 is 14.3 Å². The van der Waals surface area contributed by atoms with Crippen molar-refractivity contribution in [3.63, 3.8) is 0 Å². The minimum absolute atomic E-state index is 0.0316. The minimum Gasteiger partial charge on any atom is -0.368 e. The molecular formula is C35H34N6O3S. The minimum atomic E-state index is -0.312. The summed E-state index contributed by atoms with van der Waals surface area (Å²) in [5.41, 5.74) is 5.34. The molecule has 8 rings (SSSR count). The maximum Gasteiger partial charge on any atom is 0.252 e. The van der Waals surface area contributed by atoms with Gasteiger partial charge in [-0.2, -0.15) is 0 Å². The zero-order valence-corrected chi connectivity index (χ0v) is 25.7. The number of fused-ring (bicyclic) bond motifs is 2. The number of hydrogen-bond donors (Lipinski definition) is 2. The van der Waals surface area contributed by atoms with Crippen LogP contribution in [0.25, 0.3) is 22.1 Å². The number of carbonyl (C=O) groups excluding carboxylic acids is 2. The summed E-state index contributed by atoms with van der Waals surface area (Å²) in [6.45, 7) is 2.17. The second-order valence-corrected chi connectivity index (χ2v) is 13.2. The molecule has 2 aromatic carbocycles. The van der Waals surface area contributed by atoms with Crippen molar-refractivity contribution >= 4 is 45.2 Å². The van der Waals surface area contributed by atoms with Crippen molar-refractivity contribution in [3.8, 4) is 11.8 Å². The second kappa shape index (κ2) is 11.8. The van der Waals surface area contributed by atoms with Crippen LogP contribution in [0.4, 0.5) is 0 Å². The SMILES string of the molecule is O=C([C@@H]1CCCO1)N1CCCC1c1nc2ccc(C#Cc3ccc4nc([C@@H]5CCCN5C(=O)Cc5cccs5)[nH]c4c3)cc2[nH]1. The van der Waals surface area contributed by atoms with Crippen molar-refractivity contribution in [2.24, 2.45) is 0 Å². The summed E-state index contributed by atoms with van der Waals surface area (Å²) >= 11 is 1.62. The highest BCUT2D eigenvalue weighted by Gasteiger charge is 2.37. The molecule has 0 bridgehead atoms. The molecule has 0 aliphatic carbocycles. The summed E-state index contributed by atoms with van der Waals surface area (Å²) in [5, 5.41) is 2.01. The molecule has 5 aromatic rings. The van der Waals surface area contributed by atoms with Gasteiger partial charge in [0.15, 0.2) is 0 Å². The van der Waals surface area contributed by atoms with Crippen molar-refractivity contribution in [2.45, 2.75) is 63.1 Å². The van der Waals surface area contributed by atoms with E-state index in [9.17, 15) is 9.59 Å². The first-order valence-corrected chi connectivity index (χ1v) is 16.7. The van der Waals surface area contributed by atoms with E-state index in [1.165, 1.54) is 0 Å². The molecule has 3 aliphatic rings. The molecule has 10 heteroatoms. The summed E-state index contributed by atoms with van der Waals surface area (Å²) < 4.78 is 5.67. The van der Waals surface area contributed by atoms with Crippen molar-refractivity contribution in [1.82, 2.24) is 29.7 Å². The first kappa shape index (κ1) is 28.0. The van der Waals surface area contributed by atoms with Crippen LogP contribution in [0.15, 0.2) is 53.9 Å². The highest BCUT2D eigenvalue weighted by molar-refractivity contribution is 7.10. The van der Waals surface area contributed by atoms with Gasteiger partial charge in [0.25, 0.3) is 5.91 Å². The van der Waals surface area contributed by atoms with Gasteiger partial charge in [0.1, 0.15) is 17.8 Å². The quantitative estimate of drug-likeness (QED) is 0.248. The van der Waals surface area contributed by atoms with Crippen LogP contribution in [0.5, 0.6) is 0 Å². The Labute approximate surface area is 265 Å². The third-order valence-corrected chi connectivity index (χ3v) is 10.1. The largest absolute Gasteiger partial charge is 0.368 e. The molecular weight excluding hydrogens is 584 g/mol. The smallest absolute Gasteiger partial charge is 0.252 e. The van der Waals surface area contributed by atoms with Crippen molar-refractivity contribution in [1.29, 1.82) is 0 Å². The number of carbonyl (C=O) groups is 2. The molecule has 3 aliphatic heterocycles. The Morgan fingerprint density at radius 1 is 0.844 bits per heavy atom. The van der Waals surface area contributed by atoms with Gasteiger partial charge in [-0.1, -0.05) is 17.9 Å². The van der Waals surface area contributed by atoms with E-state index in [4.69, 9.17) is 14.7 Å². The predicted molar refractivity (Wildman–Crippen MR) is 173 cm³/mol. The summed E-state index contributed by atoms with van der Waals surface area (Å²) in [6, 6.07) is 15.9. The summed E-state index contributed by atoms with van der Waals surface area (Å²) in [6.07, 6.45) is 5.61. The molecule has 3 saturated heterocycles. The second-order valence-electron chi connectivity index (χ2n) is 12.2. The highest BCUT2D eigenvalue weighted by Crippen LogP contribution is 2.34. The Morgan fingerprint density at radius 2 is 1.49 bits per heavy atom. The van der Waals surface area contributed by atoms with Crippen LogP contribution >= 0.6 is 11.3 Å². The number of amides is 2. The van der Waals surface area contributed by atoms with E-state index in [1.807, 2.05) is 63.7 Å². The lowest BCUT2D eigenvalue weighted by Crippen LogP contribution is -2.38. The van der Waals surface area contributed by atoms with E-state index >= 15 is 0 Å². The third-order valence-electron chi connectivity index (χ3n) is 9.20. The number of aromatic nitrogens is 4. The monoisotopic (exact) mass is 618 g/mol. The van der Waals surface area contributed by atoms with Crippen molar-refractivity contribution in [3.05, 3.63) is 81.6 Å². The summed E-state index contributed by atoms with van der Waals surface area (Å²) in [7, 11) is 0. The van der Waals surface area contributed by atoms with E-state index in [0.29, 0.717) is 13.0 Å². The predicted octanol–water partition coefficient (Wildman–Crippen LogP) is 5.65. The van der Waals surface area contributed by atoms with E-state index in [-0.39, 0.29) is 30.0 Å². The van der Waals surface area contributed by atoms with E-state index in [1.54, 1.807) is 11.3 Å². The number of aromatic amines is 2. The molecule has 2 amide bonds. The number of likely N-dealkylation sites (tertiary alicyclic amines) is 2. The van der Waals surface area contributed by atoms with Gasteiger partial charge in [0, 0.05) is 35.7 Å². The number of benzene rings is 2. The maximum atomic E-state index is 13.1. The van der Waals surface area contributed by atoms with Gasteiger partial charge in [-0.3, -0.25) is 9.59 Å². The average molecular weight is 619 g/mol. The highest BCUT2D eigenvalue weighted by atomic mass is 32.1. The van der Waals surface area contributed by atoms with Crippen LogP contribution in [0.1, 0.15) is 78.3 Å². The van der Waals surface area contributed by atoms with E-state index in [2.05, 4.69) is 21.8 Å². The van der Waals surface area contributed by atoms with Gasteiger partial charge in [-0.15, -0.1) is 11.3 Å². The van der Waals surface area contributed by atoms with Crippen LogP contribution in [0, 0.1) is 11.8 Å². The number of hydrogen-bond acceptors (Lipinski definition) is 6. The Hall–Kier alpha value is -4.46. The zero-order valence-electron chi connectivity index (χ0n) is 24.9. The lowest BCUT2D eigenvalue weighted by Gasteiger charge is -2.25. The molecule has 2 N–H and O–H groups in total. The first-order chi connectivity index (χ1) is 22.1. The fourth-order valence-corrected chi connectivity index (χ4v) is 7.66. The van der Waals surface area contributed by atoms with Crippen LogP contribution in [-0.2, 0) is 20.7 Å². The fourth-order valence-electron chi connectivity index (χ4n) is 6.96. The summed E-state index contributed by atoms with van der Waals surface area (Å²) in [5.74, 6) is 8.51. The number of nitrogens with zero attached hydrogens (tertiary/aromatic N) is 4. The lowest BCUT2D eigenvalue weighted by molar-refractivity contribution is -0.142. The number of H-pyrrole nitrogens is 2. The lowest BCUT2D eigenvalue weighted by atomic mass is 10.1. The normalized spacial score (nSPS) is 21.6. The van der Waals surface area contributed by atoms with Gasteiger partial charge in [-0.25, -0.2) is 9.97 Å². The number of rotatable bonds is 5. The molecule has 45 heavy (non-hydrogen) atoms. The van der Waals surface area contributed by atoms with Gasteiger partial charge in [0.2, 0.25) is 5.91 Å². The number of thiophene rings is 1. The molecule has 9 nitrogen and oxygen atoms in total. The van der Waals surface area contributed by atoms with Crippen LogP contribution < -0.4 is 0 Å². The Kier molecular flexibility index (Phi) is 7.36. The molecule has 0 radical (unpaired) electrons. The molecule has 228 valence electrons. The first-order valence-electron chi connectivity index (χ1n) is 15.8. The Balaban J connectivity index is 0.986. The van der Waals surface area contributed by atoms with Crippen LogP contribution in [0.3, 0.4) is 0 Å². The number of imidazole rings is 2. The van der Waals surface area contributed by atoms with Gasteiger partial charge < -0.3 is 24.5 Å². The molecule has 1 unspecified atom stereocenters. The van der Waals surface area contributed by atoms with Crippen molar-refractivity contribution in [2.75, 3.05) is 19.7 Å². The zero-order chi connectivity index (χ0) is 30.3. The number of ether oxygens (including phenoxy) is 1. The molecule has 0 saturated carbocycles. The van der Waals surface area contributed by atoms with E-state index < -0.39 is 0 Å². The topological polar surface area (TPSA) is 107 Å². The molecule has 6 heterocycles.